The van der Waals surface area contributed by atoms with E-state index in [-0.39, 0.29) is 16.8 Å². The van der Waals surface area contributed by atoms with Gasteiger partial charge in [0.1, 0.15) is 17.2 Å². The summed E-state index contributed by atoms with van der Waals surface area (Å²) in [5, 5.41) is 7.96. The maximum Gasteiger partial charge on any atom is 0.261 e. The summed E-state index contributed by atoms with van der Waals surface area (Å²) >= 11 is 12.0. The number of nitrogens with two attached hydrogens (primary N) is 1. The smallest absolute Gasteiger partial charge is 0.261 e. The molecule has 1 aliphatic rings. The molecule has 1 amide bonds. The summed E-state index contributed by atoms with van der Waals surface area (Å²) < 4.78 is 14.9. The van der Waals surface area contributed by atoms with Crippen LogP contribution in [0.3, 0.4) is 0 Å². The van der Waals surface area contributed by atoms with Gasteiger partial charge in [0.25, 0.3) is 5.91 Å². The molecule has 1 aliphatic carbocycles. The number of carbonyl (C=O) groups excluding carboxylic acids is 1. The van der Waals surface area contributed by atoms with Gasteiger partial charge in [0.2, 0.25) is 0 Å². The van der Waals surface area contributed by atoms with Crippen molar-refractivity contribution >= 4 is 40.6 Å². The number of hydrogen-bond donors (Lipinski definition) is 2. The molecule has 0 radical (unpaired) electrons. The van der Waals surface area contributed by atoms with Gasteiger partial charge in [-0.2, -0.15) is 5.10 Å². The monoisotopic (exact) mass is 446 g/mol. The molecule has 1 saturated carbocycles. The summed E-state index contributed by atoms with van der Waals surface area (Å²) in [6.45, 7) is 0. The van der Waals surface area contributed by atoms with E-state index >= 15 is 0 Å². The van der Waals surface area contributed by atoms with E-state index in [0.29, 0.717) is 28.7 Å². The van der Waals surface area contributed by atoms with Gasteiger partial charge in [-0.3, -0.25) is 9.48 Å². The first-order valence-electron chi connectivity index (χ1n) is 9.67. The van der Waals surface area contributed by atoms with Crippen molar-refractivity contribution in [3.8, 4) is 0 Å². The number of anilines is 2. The minimum absolute atomic E-state index is 0.0626. The Labute approximate surface area is 184 Å². The van der Waals surface area contributed by atoms with Crippen molar-refractivity contribution in [3.63, 3.8) is 0 Å². The third-order valence-corrected chi connectivity index (χ3v) is 6.19. The van der Waals surface area contributed by atoms with Gasteiger partial charge in [-0.15, -0.1) is 0 Å². The lowest BCUT2D eigenvalue weighted by Gasteiger charge is -2.13. The highest BCUT2D eigenvalue weighted by Gasteiger charge is 2.33. The van der Waals surface area contributed by atoms with Gasteiger partial charge in [0.05, 0.1) is 10.7 Å². The normalized spacial score (nSPS) is 18.5. The molecule has 1 fully saturated rings. The molecule has 2 atom stereocenters. The zero-order chi connectivity index (χ0) is 21.4. The standard InChI is InChI=1S/C22H21Cl2FN4O/c1-29-21(26)19(22(30)27-16-7-8-18(25)17(24)11-16)20(28-29)14-6-5-13(9-14)12-3-2-4-15(23)10-12/h2-4,7-8,10-11,13-14H,5-6,9,26H2,1H3,(H,27,30). The number of aryl methyl sites for hydroxylation is 1. The molecular formula is C22H21Cl2FN4O. The molecule has 1 aromatic heterocycles. The number of aromatic nitrogens is 2. The van der Waals surface area contributed by atoms with Gasteiger partial charge in [0, 0.05) is 23.7 Å². The van der Waals surface area contributed by atoms with Crippen LogP contribution >= 0.6 is 23.2 Å². The molecule has 30 heavy (non-hydrogen) atoms. The highest BCUT2D eigenvalue weighted by atomic mass is 35.5. The fourth-order valence-corrected chi connectivity index (χ4v) is 4.52. The first-order valence-corrected chi connectivity index (χ1v) is 10.4. The highest BCUT2D eigenvalue weighted by Crippen LogP contribution is 2.45. The number of nitrogen functional groups attached to an aromatic ring is 1. The van der Waals surface area contributed by atoms with Gasteiger partial charge in [-0.05, 0) is 61.1 Å². The Morgan fingerprint density at radius 3 is 2.70 bits per heavy atom. The van der Waals surface area contributed by atoms with Crippen LogP contribution < -0.4 is 11.1 Å². The molecule has 2 aromatic carbocycles. The summed E-state index contributed by atoms with van der Waals surface area (Å²) in [5.74, 6) is -0.181. The number of rotatable bonds is 4. The minimum atomic E-state index is -0.547. The average Bonchev–Trinajstić information content (AvgIpc) is 3.30. The first-order chi connectivity index (χ1) is 14.3. The summed E-state index contributed by atoms with van der Waals surface area (Å²) in [5.41, 5.74) is 8.81. The van der Waals surface area contributed by atoms with E-state index in [9.17, 15) is 9.18 Å². The summed E-state index contributed by atoms with van der Waals surface area (Å²) in [6.07, 6.45) is 2.74. The quantitative estimate of drug-likeness (QED) is 0.535. The lowest BCUT2D eigenvalue weighted by molar-refractivity contribution is 0.102. The molecule has 0 aliphatic heterocycles. The Morgan fingerprint density at radius 2 is 1.97 bits per heavy atom. The molecular weight excluding hydrogens is 426 g/mol. The topological polar surface area (TPSA) is 72.9 Å². The number of amides is 1. The van der Waals surface area contributed by atoms with Gasteiger partial charge in [-0.25, -0.2) is 4.39 Å². The molecule has 8 heteroatoms. The Balaban J connectivity index is 1.58. The zero-order valence-electron chi connectivity index (χ0n) is 16.3. The predicted molar refractivity (Wildman–Crippen MR) is 118 cm³/mol. The van der Waals surface area contributed by atoms with E-state index in [0.717, 1.165) is 24.3 Å². The molecule has 3 aromatic rings. The van der Waals surface area contributed by atoms with Crippen molar-refractivity contribution in [1.29, 1.82) is 0 Å². The Morgan fingerprint density at radius 1 is 1.20 bits per heavy atom. The van der Waals surface area contributed by atoms with Crippen molar-refractivity contribution in [2.45, 2.75) is 31.1 Å². The van der Waals surface area contributed by atoms with Gasteiger partial charge in [-0.1, -0.05) is 35.3 Å². The summed E-state index contributed by atoms with van der Waals surface area (Å²) in [4.78, 5) is 13.0. The second-order valence-corrected chi connectivity index (χ2v) is 8.46. The third-order valence-electron chi connectivity index (χ3n) is 5.66. The van der Waals surface area contributed by atoms with Crippen molar-refractivity contribution < 1.29 is 9.18 Å². The maximum atomic E-state index is 13.4. The van der Waals surface area contributed by atoms with E-state index in [2.05, 4.69) is 16.5 Å². The minimum Gasteiger partial charge on any atom is -0.383 e. The molecule has 156 valence electrons. The van der Waals surface area contributed by atoms with Crippen LogP contribution in [0.2, 0.25) is 10.0 Å². The number of nitrogens with one attached hydrogen (secondary N) is 1. The second kappa shape index (κ2) is 8.28. The molecule has 0 saturated heterocycles. The zero-order valence-corrected chi connectivity index (χ0v) is 17.8. The van der Waals surface area contributed by atoms with Crippen LogP contribution in [-0.2, 0) is 7.05 Å². The van der Waals surface area contributed by atoms with E-state index < -0.39 is 5.82 Å². The SMILES string of the molecule is Cn1nc(C2CCC(c3cccc(Cl)c3)C2)c(C(=O)Nc2ccc(F)c(Cl)c2)c1N. The van der Waals surface area contributed by atoms with E-state index in [1.807, 2.05) is 18.2 Å². The predicted octanol–water partition coefficient (Wildman–Crippen LogP) is 5.75. The van der Waals surface area contributed by atoms with E-state index in [1.165, 1.54) is 28.4 Å². The molecule has 0 spiro atoms. The number of nitrogens with zero attached hydrogens (tertiary/aromatic N) is 2. The van der Waals surface area contributed by atoms with Crippen LogP contribution in [-0.4, -0.2) is 15.7 Å². The number of halogens is 3. The summed E-state index contributed by atoms with van der Waals surface area (Å²) in [7, 11) is 1.72. The Hall–Kier alpha value is -2.57. The number of benzene rings is 2. The highest BCUT2D eigenvalue weighted by molar-refractivity contribution is 6.31. The van der Waals surface area contributed by atoms with Crippen molar-refractivity contribution in [2.24, 2.45) is 7.05 Å². The van der Waals surface area contributed by atoms with Crippen LogP contribution in [0.25, 0.3) is 0 Å². The maximum absolute atomic E-state index is 13.4. The van der Waals surface area contributed by atoms with Crippen LogP contribution in [0, 0.1) is 5.82 Å². The largest absolute Gasteiger partial charge is 0.383 e. The third kappa shape index (κ3) is 4.02. The van der Waals surface area contributed by atoms with Crippen LogP contribution in [0.5, 0.6) is 0 Å². The molecule has 4 rings (SSSR count). The summed E-state index contributed by atoms with van der Waals surface area (Å²) in [6, 6.07) is 11.9. The Kier molecular flexibility index (Phi) is 5.71. The van der Waals surface area contributed by atoms with Gasteiger partial charge >= 0.3 is 0 Å². The van der Waals surface area contributed by atoms with Gasteiger partial charge in [0.15, 0.2) is 0 Å². The fraction of sp³-hybridized carbons (Fsp3) is 0.273. The lowest BCUT2D eigenvalue weighted by atomic mass is 9.94. The van der Waals surface area contributed by atoms with E-state index in [1.54, 1.807) is 7.05 Å². The molecule has 1 heterocycles. The second-order valence-electron chi connectivity index (χ2n) is 7.61. The molecule has 5 nitrogen and oxygen atoms in total. The van der Waals surface area contributed by atoms with Crippen molar-refractivity contribution in [2.75, 3.05) is 11.1 Å². The Bertz CT molecular complexity index is 1110. The lowest BCUT2D eigenvalue weighted by Crippen LogP contribution is -2.16. The van der Waals surface area contributed by atoms with Crippen LogP contribution in [0.15, 0.2) is 42.5 Å². The van der Waals surface area contributed by atoms with Crippen LogP contribution in [0.1, 0.15) is 52.7 Å². The molecule has 2 unspecified atom stereocenters. The number of carbonyl (C=O) groups is 1. The average molecular weight is 447 g/mol. The molecule has 0 bridgehead atoms. The van der Waals surface area contributed by atoms with Crippen molar-refractivity contribution in [3.05, 3.63) is 75.1 Å². The first kappa shape index (κ1) is 20.7. The van der Waals surface area contributed by atoms with Crippen molar-refractivity contribution in [1.82, 2.24) is 9.78 Å². The van der Waals surface area contributed by atoms with E-state index in [4.69, 9.17) is 28.9 Å². The number of hydrogen-bond acceptors (Lipinski definition) is 3. The fourth-order valence-electron chi connectivity index (χ4n) is 4.14. The van der Waals surface area contributed by atoms with Crippen LogP contribution in [0.4, 0.5) is 15.9 Å². The van der Waals surface area contributed by atoms with Gasteiger partial charge < -0.3 is 11.1 Å². The molecule has 3 N–H and O–H groups in total.